The molecular formula is C15H29N. The normalized spacial score (nSPS) is 35.8. The summed E-state index contributed by atoms with van der Waals surface area (Å²) in [6.45, 7) is 14.6. The van der Waals surface area contributed by atoms with Crippen LogP contribution in [-0.4, -0.2) is 23.5 Å². The Bertz CT molecular complexity index is 243. The summed E-state index contributed by atoms with van der Waals surface area (Å²) in [5.74, 6) is 1.93. The molecule has 1 nitrogen and oxygen atoms in total. The fourth-order valence-electron chi connectivity index (χ4n) is 4.15. The van der Waals surface area contributed by atoms with Gasteiger partial charge in [-0.15, -0.1) is 0 Å². The van der Waals surface area contributed by atoms with E-state index in [1.54, 1.807) is 0 Å². The number of hydrogen-bond acceptors (Lipinski definition) is 1. The average Bonchev–Trinajstić information content (AvgIpc) is 2.41. The van der Waals surface area contributed by atoms with Crippen molar-refractivity contribution >= 4 is 0 Å². The molecule has 1 aliphatic heterocycles. The van der Waals surface area contributed by atoms with Gasteiger partial charge in [0.15, 0.2) is 0 Å². The van der Waals surface area contributed by atoms with Gasteiger partial charge in [-0.3, -0.25) is 4.90 Å². The van der Waals surface area contributed by atoms with Gasteiger partial charge in [-0.05, 0) is 76.8 Å². The summed E-state index contributed by atoms with van der Waals surface area (Å²) in [7, 11) is 0. The van der Waals surface area contributed by atoms with Crippen LogP contribution in [0.2, 0.25) is 0 Å². The molecule has 0 aromatic carbocycles. The summed E-state index contributed by atoms with van der Waals surface area (Å²) in [6, 6.07) is 0. The third-order valence-electron chi connectivity index (χ3n) is 5.26. The minimum absolute atomic E-state index is 0.370. The van der Waals surface area contributed by atoms with Gasteiger partial charge in [-0.25, -0.2) is 0 Å². The van der Waals surface area contributed by atoms with Crippen LogP contribution >= 0.6 is 0 Å². The molecule has 1 heterocycles. The lowest BCUT2D eigenvalue weighted by Crippen LogP contribution is -2.49. The monoisotopic (exact) mass is 223 g/mol. The molecule has 2 aliphatic rings. The lowest BCUT2D eigenvalue weighted by molar-refractivity contribution is 0.0246. The van der Waals surface area contributed by atoms with Gasteiger partial charge in [0.25, 0.3) is 0 Å². The number of piperidine rings is 1. The lowest BCUT2D eigenvalue weighted by atomic mass is 9.70. The van der Waals surface area contributed by atoms with Crippen LogP contribution in [0.3, 0.4) is 0 Å². The highest BCUT2D eigenvalue weighted by atomic mass is 15.2. The van der Waals surface area contributed by atoms with Crippen LogP contribution in [0.25, 0.3) is 0 Å². The summed E-state index contributed by atoms with van der Waals surface area (Å²) >= 11 is 0. The van der Waals surface area contributed by atoms with Crippen LogP contribution < -0.4 is 0 Å². The molecule has 0 amide bonds. The summed E-state index contributed by atoms with van der Waals surface area (Å²) in [5, 5.41) is 0. The van der Waals surface area contributed by atoms with Crippen molar-refractivity contribution in [3.8, 4) is 0 Å². The average molecular weight is 223 g/mol. The molecule has 2 rings (SSSR count). The smallest absolute Gasteiger partial charge is 0.0125 e. The molecule has 0 N–H and O–H groups in total. The zero-order valence-electron chi connectivity index (χ0n) is 11.8. The van der Waals surface area contributed by atoms with Gasteiger partial charge < -0.3 is 0 Å². The Morgan fingerprint density at radius 3 is 2.00 bits per heavy atom. The van der Waals surface area contributed by atoms with Crippen LogP contribution in [-0.2, 0) is 0 Å². The van der Waals surface area contributed by atoms with Gasteiger partial charge in [-0.1, -0.05) is 13.8 Å². The summed E-state index contributed by atoms with van der Waals surface area (Å²) in [5.41, 5.74) is 1.08. The highest BCUT2D eigenvalue weighted by Gasteiger charge is 2.45. The predicted molar refractivity (Wildman–Crippen MR) is 70.6 cm³/mol. The van der Waals surface area contributed by atoms with Crippen molar-refractivity contribution < 1.29 is 0 Å². The van der Waals surface area contributed by atoms with E-state index in [1.165, 1.54) is 38.8 Å². The molecule has 0 unspecified atom stereocenters. The molecule has 1 spiro atoms. The van der Waals surface area contributed by atoms with Crippen molar-refractivity contribution in [3.63, 3.8) is 0 Å². The Labute approximate surface area is 102 Å². The second kappa shape index (κ2) is 4.01. The first-order valence-corrected chi connectivity index (χ1v) is 7.08. The Morgan fingerprint density at radius 1 is 1.06 bits per heavy atom. The lowest BCUT2D eigenvalue weighted by Gasteiger charge is -2.47. The van der Waals surface area contributed by atoms with E-state index < -0.39 is 0 Å². The largest absolute Gasteiger partial charge is 0.298 e. The number of nitrogens with zero attached hydrogens (tertiary/aromatic N) is 1. The SMILES string of the molecule is C[C@H]1C[C@@H](C)C2(CCN(C(C)(C)C)CC2)C1. The van der Waals surface area contributed by atoms with Gasteiger partial charge in [0.05, 0.1) is 0 Å². The highest BCUT2D eigenvalue weighted by molar-refractivity contribution is 4.97. The Morgan fingerprint density at radius 2 is 1.62 bits per heavy atom. The first-order chi connectivity index (χ1) is 7.33. The fraction of sp³-hybridized carbons (Fsp3) is 1.00. The Kier molecular flexibility index (Phi) is 3.11. The van der Waals surface area contributed by atoms with Crippen molar-refractivity contribution in [1.82, 2.24) is 4.90 Å². The molecule has 1 aliphatic carbocycles. The van der Waals surface area contributed by atoms with E-state index in [2.05, 4.69) is 39.5 Å². The molecule has 1 saturated heterocycles. The van der Waals surface area contributed by atoms with E-state index in [4.69, 9.17) is 0 Å². The van der Waals surface area contributed by atoms with E-state index in [9.17, 15) is 0 Å². The molecule has 2 fully saturated rings. The van der Waals surface area contributed by atoms with E-state index in [1.807, 2.05) is 0 Å². The van der Waals surface area contributed by atoms with Crippen LogP contribution in [0.1, 0.15) is 60.3 Å². The first kappa shape index (κ1) is 12.4. The Hall–Kier alpha value is -0.0400. The molecule has 16 heavy (non-hydrogen) atoms. The molecular weight excluding hydrogens is 194 g/mol. The summed E-state index contributed by atoms with van der Waals surface area (Å²) < 4.78 is 0. The zero-order valence-corrected chi connectivity index (χ0v) is 11.8. The molecule has 0 aromatic heterocycles. The fourth-order valence-corrected chi connectivity index (χ4v) is 4.15. The second-order valence-electron chi connectivity index (χ2n) is 7.47. The van der Waals surface area contributed by atoms with E-state index in [0.29, 0.717) is 11.0 Å². The van der Waals surface area contributed by atoms with Crippen molar-refractivity contribution in [2.24, 2.45) is 17.3 Å². The molecule has 2 atom stereocenters. The van der Waals surface area contributed by atoms with E-state index in [-0.39, 0.29) is 0 Å². The molecule has 1 saturated carbocycles. The number of likely N-dealkylation sites (tertiary alicyclic amines) is 1. The van der Waals surface area contributed by atoms with Gasteiger partial charge in [-0.2, -0.15) is 0 Å². The minimum atomic E-state index is 0.370. The first-order valence-electron chi connectivity index (χ1n) is 7.08. The molecule has 0 aromatic rings. The van der Waals surface area contributed by atoms with Crippen molar-refractivity contribution in [2.75, 3.05) is 13.1 Å². The van der Waals surface area contributed by atoms with Gasteiger partial charge in [0.1, 0.15) is 0 Å². The van der Waals surface area contributed by atoms with Crippen molar-refractivity contribution in [3.05, 3.63) is 0 Å². The van der Waals surface area contributed by atoms with Crippen LogP contribution in [0.15, 0.2) is 0 Å². The highest BCUT2D eigenvalue weighted by Crippen LogP contribution is 2.52. The maximum atomic E-state index is 2.67. The van der Waals surface area contributed by atoms with Crippen LogP contribution in [0.5, 0.6) is 0 Å². The van der Waals surface area contributed by atoms with Gasteiger partial charge >= 0.3 is 0 Å². The number of rotatable bonds is 0. The van der Waals surface area contributed by atoms with E-state index >= 15 is 0 Å². The topological polar surface area (TPSA) is 3.24 Å². The van der Waals surface area contributed by atoms with Gasteiger partial charge in [0, 0.05) is 5.54 Å². The summed E-state index contributed by atoms with van der Waals surface area (Å²) in [6.07, 6.45) is 5.84. The maximum absolute atomic E-state index is 2.67. The van der Waals surface area contributed by atoms with Crippen LogP contribution in [0.4, 0.5) is 0 Å². The maximum Gasteiger partial charge on any atom is 0.0125 e. The van der Waals surface area contributed by atoms with E-state index in [0.717, 1.165) is 11.8 Å². The van der Waals surface area contributed by atoms with Gasteiger partial charge in [0.2, 0.25) is 0 Å². The van der Waals surface area contributed by atoms with Crippen LogP contribution in [0, 0.1) is 17.3 Å². The quantitative estimate of drug-likeness (QED) is 0.601. The Balaban J connectivity index is 1.99. The third kappa shape index (κ3) is 2.16. The second-order valence-corrected chi connectivity index (χ2v) is 7.47. The molecule has 94 valence electrons. The van der Waals surface area contributed by atoms with Crippen molar-refractivity contribution in [2.45, 2.75) is 65.8 Å². The minimum Gasteiger partial charge on any atom is -0.298 e. The predicted octanol–water partition coefficient (Wildman–Crippen LogP) is 3.93. The zero-order chi connectivity index (χ0) is 12.0. The molecule has 0 bridgehead atoms. The third-order valence-corrected chi connectivity index (χ3v) is 5.26. The molecule has 0 radical (unpaired) electrons. The number of hydrogen-bond donors (Lipinski definition) is 0. The standard InChI is InChI=1S/C15H29N/c1-12-10-13(2)15(11-12)6-8-16(9-7-15)14(3,4)5/h12-13H,6-11H2,1-5H3/t12-,13+/m0/s1. The molecule has 1 heteroatoms. The summed E-state index contributed by atoms with van der Waals surface area (Å²) in [4.78, 5) is 2.67. The van der Waals surface area contributed by atoms with Crippen molar-refractivity contribution in [1.29, 1.82) is 0 Å².